The van der Waals surface area contributed by atoms with Crippen molar-refractivity contribution in [3.8, 4) is 0 Å². The van der Waals surface area contributed by atoms with Crippen LogP contribution in [-0.4, -0.2) is 34.9 Å². The molecule has 0 amide bonds. The summed E-state index contributed by atoms with van der Waals surface area (Å²) in [5.41, 5.74) is 4.09. The zero-order valence-electron chi connectivity index (χ0n) is 15.0. The number of carbonyl (C=O) groups is 1. The van der Waals surface area contributed by atoms with Crippen molar-refractivity contribution in [2.45, 2.75) is 64.0 Å². The molecule has 0 radical (unpaired) electrons. The molecule has 134 valence electrons. The molecule has 4 rings (SSSR count). The van der Waals surface area contributed by atoms with E-state index in [9.17, 15) is 9.90 Å². The first-order valence-electron chi connectivity index (χ1n) is 9.97. The van der Waals surface area contributed by atoms with E-state index in [1.165, 1.54) is 31.2 Å². The van der Waals surface area contributed by atoms with Crippen LogP contribution in [0.2, 0.25) is 0 Å². The average Bonchev–Trinajstić information content (AvgIpc) is 3.21. The topological polar surface area (TPSA) is 40.5 Å². The van der Waals surface area contributed by atoms with E-state index in [0.717, 1.165) is 55.5 Å². The average molecular weight is 339 g/mol. The molecule has 25 heavy (non-hydrogen) atoms. The maximum absolute atomic E-state index is 13.2. The number of rotatable bonds is 4. The molecule has 0 spiro atoms. The molecule has 3 heteroatoms. The van der Waals surface area contributed by atoms with Crippen LogP contribution in [0, 0.1) is 5.92 Å². The van der Waals surface area contributed by atoms with Crippen LogP contribution in [0.25, 0.3) is 6.08 Å². The normalized spacial score (nSPS) is 24.4. The lowest BCUT2D eigenvalue weighted by molar-refractivity contribution is 0.0757. The molecular weight excluding hydrogens is 310 g/mol. The number of benzene rings is 1. The Hall–Kier alpha value is -1.45. The Kier molecular flexibility index (Phi) is 5.05. The number of aliphatic hydroxyl groups is 1. The van der Waals surface area contributed by atoms with E-state index in [1.807, 2.05) is 6.07 Å². The summed E-state index contributed by atoms with van der Waals surface area (Å²) in [4.78, 5) is 15.8. The van der Waals surface area contributed by atoms with Crippen LogP contribution in [0.3, 0.4) is 0 Å². The number of aliphatic hydroxyl groups excluding tert-OH is 1. The number of nitrogens with zero attached hydrogens (tertiary/aromatic N) is 1. The smallest absolute Gasteiger partial charge is 0.167 e. The van der Waals surface area contributed by atoms with Gasteiger partial charge < -0.3 is 5.11 Å². The Labute approximate surface area is 150 Å². The van der Waals surface area contributed by atoms with Gasteiger partial charge in [-0.2, -0.15) is 0 Å². The number of likely N-dealkylation sites (tertiary alicyclic amines) is 1. The van der Waals surface area contributed by atoms with Gasteiger partial charge in [0.2, 0.25) is 0 Å². The molecule has 0 aromatic heterocycles. The number of carbonyl (C=O) groups excluding carboxylic acids is 1. The number of fused-ring (bicyclic) bond motifs is 1. The second-order valence-corrected chi connectivity index (χ2v) is 7.94. The van der Waals surface area contributed by atoms with Crippen LogP contribution in [-0.2, 0) is 13.0 Å². The van der Waals surface area contributed by atoms with Crippen molar-refractivity contribution in [3.05, 3.63) is 40.5 Å². The predicted octanol–water partition coefficient (Wildman–Crippen LogP) is 3.98. The Morgan fingerprint density at radius 2 is 2.00 bits per heavy atom. The summed E-state index contributed by atoms with van der Waals surface area (Å²) in [6, 6.07) is 4.71. The first-order chi connectivity index (χ1) is 12.3. The fourth-order valence-electron chi connectivity index (χ4n) is 4.99. The molecule has 1 N–H and O–H groups in total. The minimum Gasteiger partial charge on any atom is -0.392 e. The van der Waals surface area contributed by atoms with Crippen LogP contribution in [0.1, 0.15) is 72.0 Å². The Balaban J connectivity index is 1.55. The number of piperidine rings is 1. The molecular formula is C22H29NO2. The second-order valence-electron chi connectivity index (χ2n) is 7.94. The number of hydrogen-bond donors (Lipinski definition) is 1. The molecule has 1 saturated carbocycles. The summed E-state index contributed by atoms with van der Waals surface area (Å²) in [6.07, 6.45) is 13.7. The largest absolute Gasteiger partial charge is 0.392 e. The number of hydrogen-bond acceptors (Lipinski definition) is 3. The van der Waals surface area contributed by atoms with Gasteiger partial charge in [0.15, 0.2) is 5.78 Å². The maximum atomic E-state index is 13.2. The molecule has 1 aromatic rings. The van der Waals surface area contributed by atoms with Gasteiger partial charge in [0, 0.05) is 24.1 Å². The van der Waals surface area contributed by atoms with Gasteiger partial charge >= 0.3 is 0 Å². The molecule has 1 aliphatic heterocycles. The van der Waals surface area contributed by atoms with Crippen molar-refractivity contribution in [2.75, 3.05) is 13.1 Å². The van der Waals surface area contributed by atoms with Gasteiger partial charge in [0.25, 0.3) is 0 Å². The Morgan fingerprint density at radius 3 is 2.80 bits per heavy atom. The third-order valence-corrected chi connectivity index (χ3v) is 6.35. The summed E-state index contributed by atoms with van der Waals surface area (Å²) in [5.74, 6) is 0.394. The fraction of sp³-hybridized carbons (Fsp3) is 0.591. The van der Waals surface area contributed by atoms with Crippen molar-refractivity contribution in [1.29, 1.82) is 0 Å². The molecule has 1 aromatic carbocycles. The van der Waals surface area contributed by atoms with E-state index in [2.05, 4.69) is 23.1 Å². The molecule has 1 unspecified atom stereocenters. The van der Waals surface area contributed by atoms with Crippen molar-refractivity contribution in [3.63, 3.8) is 0 Å². The number of allylic oxidation sites excluding steroid dienone is 1. The predicted molar refractivity (Wildman–Crippen MR) is 101 cm³/mol. The van der Waals surface area contributed by atoms with Gasteiger partial charge in [-0.3, -0.25) is 9.69 Å². The number of Topliss-reactive ketones (excluding diaryl/α,β-unsaturated/α-hetero) is 1. The minimum absolute atomic E-state index is 0.0240. The van der Waals surface area contributed by atoms with Crippen LogP contribution < -0.4 is 0 Å². The highest BCUT2D eigenvalue weighted by Gasteiger charge is 2.31. The van der Waals surface area contributed by atoms with Crippen LogP contribution in [0.5, 0.6) is 0 Å². The first-order valence-corrected chi connectivity index (χ1v) is 9.97. The Morgan fingerprint density at radius 1 is 1.16 bits per heavy atom. The molecule has 1 saturated heterocycles. The Bertz CT molecular complexity index is 673. The van der Waals surface area contributed by atoms with E-state index in [1.54, 1.807) is 0 Å². The molecule has 2 fully saturated rings. The molecule has 2 aliphatic carbocycles. The zero-order valence-corrected chi connectivity index (χ0v) is 15.0. The highest BCUT2D eigenvalue weighted by Crippen LogP contribution is 2.31. The monoisotopic (exact) mass is 339 g/mol. The molecule has 0 bridgehead atoms. The summed E-state index contributed by atoms with van der Waals surface area (Å²) in [6.45, 7) is 2.10. The summed E-state index contributed by atoms with van der Waals surface area (Å²) in [7, 11) is 0. The zero-order chi connectivity index (χ0) is 17.2. The van der Waals surface area contributed by atoms with Gasteiger partial charge in [-0.05, 0) is 73.9 Å². The van der Waals surface area contributed by atoms with E-state index in [0.29, 0.717) is 6.04 Å². The van der Waals surface area contributed by atoms with Crippen LogP contribution >= 0.6 is 0 Å². The minimum atomic E-state index is 0.0240. The van der Waals surface area contributed by atoms with Gasteiger partial charge in [0.05, 0.1) is 6.61 Å². The standard InChI is InChI=1S/C22H29NO2/c24-15-19-13-18(12-16-6-1-4-10-21(16)19)22(25)17-7-5-11-23(14-17)20-8-2-3-9-20/h1,6,12-13,17,20,24H,2-5,7-11,14-15H2. The lowest BCUT2D eigenvalue weighted by Gasteiger charge is -2.36. The molecule has 3 aliphatic rings. The summed E-state index contributed by atoms with van der Waals surface area (Å²) >= 11 is 0. The first kappa shape index (κ1) is 17.0. The van der Waals surface area contributed by atoms with Crippen LogP contribution in [0.4, 0.5) is 0 Å². The SMILES string of the molecule is O=C(c1cc2c(c(CO)c1)CCC=C2)C1CCCN(C2CCCC2)C1. The third-order valence-electron chi connectivity index (χ3n) is 6.35. The lowest BCUT2D eigenvalue weighted by Crippen LogP contribution is -2.43. The lowest BCUT2D eigenvalue weighted by atomic mass is 9.85. The highest BCUT2D eigenvalue weighted by atomic mass is 16.3. The van der Waals surface area contributed by atoms with E-state index in [-0.39, 0.29) is 18.3 Å². The van der Waals surface area contributed by atoms with Crippen molar-refractivity contribution >= 4 is 11.9 Å². The third kappa shape index (κ3) is 3.45. The van der Waals surface area contributed by atoms with Crippen molar-refractivity contribution in [1.82, 2.24) is 4.90 Å². The summed E-state index contributed by atoms with van der Waals surface area (Å²) in [5, 5.41) is 9.75. The van der Waals surface area contributed by atoms with Crippen molar-refractivity contribution < 1.29 is 9.90 Å². The highest BCUT2D eigenvalue weighted by molar-refractivity contribution is 5.99. The van der Waals surface area contributed by atoms with E-state index >= 15 is 0 Å². The van der Waals surface area contributed by atoms with Crippen LogP contribution in [0.15, 0.2) is 18.2 Å². The number of ketones is 1. The molecule has 1 heterocycles. The van der Waals surface area contributed by atoms with Crippen molar-refractivity contribution in [2.24, 2.45) is 5.92 Å². The fourth-order valence-corrected chi connectivity index (χ4v) is 4.99. The van der Waals surface area contributed by atoms with Gasteiger partial charge in [-0.25, -0.2) is 0 Å². The van der Waals surface area contributed by atoms with E-state index in [4.69, 9.17) is 0 Å². The molecule has 3 nitrogen and oxygen atoms in total. The quantitative estimate of drug-likeness (QED) is 0.844. The van der Waals surface area contributed by atoms with E-state index < -0.39 is 0 Å². The molecule has 1 atom stereocenters. The summed E-state index contributed by atoms with van der Waals surface area (Å²) < 4.78 is 0. The van der Waals surface area contributed by atoms with Gasteiger partial charge in [-0.15, -0.1) is 0 Å². The maximum Gasteiger partial charge on any atom is 0.167 e. The second kappa shape index (κ2) is 7.43. The van der Waals surface area contributed by atoms with Gasteiger partial charge in [-0.1, -0.05) is 25.0 Å². The van der Waals surface area contributed by atoms with Gasteiger partial charge in [0.1, 0.15) is 0 Å².